The zero-order chi connectivity index (χ0) is 9.97. The van der Waals surface area contributed by atoms with Crippen LogP contribution in [0.2, 0.25) is 0 Å². The number of nitrogens with zero attached hydrogens (tertiary/aromatic N) is 3. The second-order valence-corrected chi connectivity index (χ2v) is 2.57. The molecule has 6 nitrogen and oxygen atoms in total. The van der Waals surface area contributed by atoms with Crippen LogP contribution in [0, 0.1) is 0 Å². The molecule has 0 spiro atoms. The van der Waals surface area contributed by atoms with E-state index in [0.29, 0.717) is 11.0 Å². The van der Waals surface area contributed by atoms with E-state index in [1.54, 1.807) is 24.3 Å². The Hall–Kier alpha value is -1.76. The van der Waals surface area contributed by atoms with E-state index in [4.69, 9.17) is 0 Å². The molecule has 1 heterocycles. The highest BCUT2D eigenvalue weighted by molar-refractivity contribution is 7.75. The third kappa shape index (κ3) is 1.49. The number of para-hydroxylation sites is 1. The number of fused-ring (bicyclic) bond motifs is 1. The number of hydrogen-bond donors (Lipinski definition) is 1. The normalized spacial score (nSPS) is 10.1. The van der Waals surface area contributed by atoms with Gasteiger partial charge in [-0.3, -0.25) is 4.84 Å². The lowest BCUT2D eigenvalue weighted by Gasteiger charge is -1.98. The average molecular weight is 211 g/mol. The van der Waals surface area contributed by atoms with Gasteiger partial charge < -0.3 is 4.18 Å². The number of carbonyl (C=O) groups is 1. The summed E-state index contributed by atoms with van der Waals surface area (Å²) in [5, 5.41) is 7.35. The van der Waals surface area contributed by atoms with E-state index in [1.807, 2.05) is 0 Å². The Labute approximate surface area is 84.0 Å². The maximum Gasteiger partial charge on any atom is 0.547 e. The molecule has 2 rings (SSSR count). The van der Waals surface area contributed by atoms with Crippen LogP contribution in [0.25, 0.3) is 11.0 Å². The lowest BCUT2D eigenvalue weighted by atomic mass is 10.3. The van der Waals surface area contributed by atoms with Crippen LogP contribution in [0.5, 0.6) is 0 Å². The van der Waals surface area contributed by atoms with Crippen molar-refractivity contribution in [1.82, 2.24) is 15.2 Å². The molecule has 0 aliphatic heterocycles. The monoisotopic (exact) mass is 211 g/mol. The zero-order valence-electron chi connectivity index (χ0n) is 6.82. The summed E-state index contributed by atoms with van der Waals surface area (Å²) in [5.41, 5.74) is 1.20. The molecule has 0 saturated carbocycles. The van der Waals surface area contributed by atoms with Crippen molar-refractivity contribution in [2.75, 3.05) is 0 Å². The first kappa shape index (κ1) is 8.82. The second-order valence-electron chi connectivity index (χ2n) is 2.38. The molecule has 0 bridgehead atoms. The van der Waals surface area contributed by atoms with Gasteiger partial charge in [-0.2, -0.15) is 0 Å². The van der Waals surface area contributed by atoms with Gasteiger partial charge in [0.2, 0.25) is 0 Å². The first-order valence-corrected chi connectivity index (χ1v) is 4.02. The largest absolute Gasteiger partial charge is 0.547 e. The van der Waals surface area contributed by atoms with E-state index in [2.05, 4.69) is 32.2 Å². The van der Waals surface area contributed by atoms with E-state index in [0.717, 1.165) is 4.85 Å². The summed E-state index contributed by atoms with van der Waals surface area (Å²) in [4.78, 5) is 16.3. The molecule has 0 atom stereocenters. The van der Waals surface area contributed by atoms with Gasteiger partial charge in [-0.1, -0.05) is 17.0 Å². The molecule has 0 aliphatic rings. The predicted octanol–water partition coefficient (Wildman–Crippen LogP) is 0.841. The Morgan fingerprint density at radius 2 is 2.21 bits per heavy atom. The fraction of sp³-hybridized carbons (Fsp3) is 0. The van der Waals surface area contributed by atoms with Crippen LogP contribution >= 0.6 is 12.9 Å². The maximum atomic E-state index is 10.7. The van der Waals surface area contributed by atoms with Crippen molar-refractivity contribution < 1.29 is 13.8 Å². The predicted molar refractivity (Wildman–Crippen MR) is 49.6 cm³/mol. The maximum absolute atomic E-state index is 10.7. The summed E-state index contributed by atoms with van der Waals surface area (Å²) in [7, 11) is 0. The molecule has 1 aromatic heterocycles. The van der Waals surface area contributed by atoms with Gasteiger partial charge in [0, 0.05) is 12.9 Å². The molecular formula is C7H5N3O3S. The minimum atomic E-state index is -0.969. The van der Waals surface area contributed by atoms with Crippen LogP contribution < -0.4 is 4.84 Å². The van der Waals surface area contributed by atoms with E-state index < -0.39 is 6.16 Å². The molecule has 0 fully saturated rings. The van der Waals surface area contributed by atoms with Gasteiger partial charge in [-0.25, -0.2) is 4.79 Å². The molecule has 0 radical (unpaired) electrons. The Kier molecular flexibility index (Phi) is 2.23. The average Bonchev–Trinajstić information content (AvgIpc) is 2.62. The highest BCUT2D eigenvalue weighted by Gasteiger charge is 2.09. The Morgan fingerprint density at radius 3 is 3.00 bits per heavy atom. The lowest BCUT2D eigenvalue weighted by Crippen LogP contribution is -2.19. The van der Waals surface area contributed by atoms with Gasteiger partial charge in [0.25, 0.3) is 0 Å². The van der Waals surface area contributed by atoms with E-state index in [9.17, 15) is 4.79 Å². The number of aromatic nitrogens is 3. The van der Waals surface area contributed by atoms with Crippen molar-refractivity contribution in [3.63, 3.8) is 0 Å². The van der Waals surface area contributed by atoms with Gasteiger partial charge in [-0.05, 0) is 17.3 Å². The Bertz CT molecular complexity index is 470. The van der Waals surface area contributed by atoms with Crippen LogP contribution in [-0.2, 0) is 4.18 Å². The van der Waals surface area contributed by atoms with Crippen LogP contribution in [0.3, 0.4) is 0 Å². The number of benzene rings is 1. The molecule has 7 heteroatoms. The van der Waals surface area contributed by atoms with Crippen molar-refractivity contribution in [3.8, 4) is 0 Å². The number of carbonyl (C=O) groups excluding carboxylic acids is 1. The fourth-order valence-corrected chi connectivity index (χ4v) is 1.04. The molecule has 0 aliphatic carbocycles. The summed E-state index contributed by atoms with van der Waals surface area (Å²) in [6, 6.07) is 7.03. The summed E-state index contributed by atoms with van der Waals surface area (Å²) >= 11 is 3.28. The van der Waals surface area contributed by atoms with Gasteiger partial charge >= 0.3 is 6.16 Å². The van der Waals surface area contributed by atoms with E-state index >= 15 is 0 Å². The Balaban J connectivity index is 2.38. The van der Waals surface area contributed by atoms with E-state index in [-0.39, 0.29) is 0 Å². The molecule has 0 N–H and O–H groups in total. The molecule has 72 valence electrons. The number of thiol groups is 1. The van der Waals surface area contributed by atoms with Crippen molar-refractivity contribution in [2.45, 2.75) is 0 Å². The van der Waals surface area contributed by atoms with E-state index in [1.165, 1.54) is 0 Å². The quantitative estimate of drug-likeness (QED) is 0.430. The van der Waals surface area contributed by atoms with Gasteiger partial charge in [-0.15, -0.1) is 5.10 Å². The number of rotatable bonds is 1. The highest BCUT2D eigenvalue weighted by Crippen LogP contribution is 2.08. The van der Waals surface area contributed by atoms with Crippen LogP contribution in [0.4, 0.5) is 4.79 Å². The molecule has 0 amide bonds. The summed E-state index contributed by atoms with van der Waals surface area (Å²) in [6.45, 7) is 0. The number of hydrogen-bond acceptors (Lipinski definition) is 6. The molecular weight excluding hydrogens is 206 g/mol. The molecule has 0 saturated heterocycles. The SMILES string of the molecule is O=C(OS)On1nnc2ccccc21. The third-order valence-corrected chi connectivity index (χ3v) is 1.71. The fourth-order valence-electron chi connectivity index (χ4n) is 1.00. The second kappa shape index (κ2) is 3.54. The standard InChI is InChI=1S/C7H5N3O3S/c11-7(13-14)12-10-6-4-2-1-3-5(6)8-9-10/h1-4,14H. The van der Waals surface area contributed by atoms with Crippen molar-refractivity contribution in [3.05, 3.63) is 24.3 Å². The zero-order valence-corrected chi connectivity index (χ0v) is 7.72. The van der Waals surface area contributed by atoms with Gasteiger partial charge in [0.15, 0.2) is 0 Å². The smallest absolute Gasteiger partial charge is 0.361 e. The summed E-state index contributed by atoms with van der Waals surface area (Å²) in [5.74, 6) is 0. The van der Waals surface area contributed by atoms with Gasteiger partial charge in [0.1, 0.15) is 11.0 Å². The molecule has 1 aromatic carbocycles. The van der Waals surface area contributed by atoms with Crippen LogP contribution in [0.15, 0.2) is 24.3 Å². The topological polar surface area (TPSA) is 66.2 Å². The van der Waals surface area contributed by atoms with Gasteiger partial charge in [0.05, 0.1) is 0 Å². The summed E-state index contributed by atoms with van der Waals surface area (Å²) < 4.78 is 4.02. The molecule has 0 unspecified atom stereocenters. The Morgan fingerprint density at radius 1 is 1.43 bits per heavy atom. The first-order chi connectivity index (χ1) is 6.81. The van der Waals surface area contributed by atoms with Crippen molar-refractivity contribution in [1.29, 1.82) is 0 Å². The highest BCUT2D eigenvalue weighted by atomic mass is 32.1. The first-order valence-electron chi connectivity index (χ1n) is 3.65. The van der Waals surface area contributed by atoms with Crippen LogP contribution in [0.1, 0.15) is 0 Å². The lowest BCUT2D eigenvalue weighted by molar-refractivity contribution is 0.0844. The minimum absolute atomic E-state index is 0.575. The molecule has 14 heavy (non-hydrogen) atoms. The van der Waals surface area contributed by atoms with Crippen LogP contribution in [-0.4, -0.2) is 21.3 Å². The minimum Gasteiger partial charge on any atom is -0.361 e. The van der Waals surface area contributed by atoms with Crippen molar-refractivity contribution >= 4 is 30.1 Å². The summed E-state index contributed by atoms with van der Waals surface area (Å²) in [6.07, 6.45) is -0.969. The van der Waals surface area contributed by atoms with Crippen molar-refractivity contribution in [2.24, 2.45) is 0 Å². The molecule has 2 aromatic rings. The third-order valence-electron chi connectivity index (χ3n) is 1.56.